The van der Waals surface area contributed by atoms with E-state index in [0.717, 1.165) is 5.69 Å². The normalized spacial score (nSPS) is 11.3. The molecule has 0 saturated carbocycles. The van der Waals surface area contributed by atoms with E-state index in [9.17, 15) is 4.79 Å². The number of anilines is 1. The number of nitrogens with zero attached hydrogens (tertiary/aromatic N) is 2. The van der Waals surface area contributed by atoms with Gasteiger partial charge in [-0.15, -0.1) is 0 Å². The molecule has 0 unspecified atom stereocenters. The minimum absolute atomic E-state index is 0.0135. The van der Waals surface area contributed by atoms with Gasteiger partial charge >= 0.3 is 6.03 Å². The number of rotatable bonds is 1. The quantitative estimate of drug-likeness (QED) is 0.737. The van der Waals surface area contributed by atoms with Crippen molar-refractivity contribution in [1.29, 1.82) is 0 Å². The van der Waals surface area contributed by atoms with Crippen LogP contribution in [0, 0.1) is 0 Å². The summed E-state index contributed by atoms with van der Waals surface area (Å²) in [5.41, 5.74) is 0.941. The number of nitrogens with one attached hydrogen (secondary N) is 2. The largest absolute Gasteiger partial charge is 0.341 e. The Morgan fingerprint density at radius 2 is 2.07 bits per heavy atom. The fourth-order valence-electron chi connectivity index (χ4n) is 1.13. The van der Waals surface area contributed by atoms with Crippen molar-refractivity contribution in [2.75, 3.05) is 12.4 Å². The van der Waals surface area contributed by atoms with Gasteiger partial charge in [0.05, 0.1) is 5.69 Å². The van der Waals surface area contributed by atoms with Crippen LogP contribution in [0.15, 0.2) is 6.07 Å². The molecule has 2 N–H and O–H groups in total. The molecule has 84 valence electrons. The van der Waals surface area contributed by atoms with Gasteiger partial charge < -0.3 is 5.32 Å². The van der Waals surface area contributed by atoms with Gasteiger partial charge in [-0.3, -0.25) is 10.00 Å². The molecule has 1 aromatic heterocycles. The molecule has 5 nitrogen and oxygen atoms in total. The van der Waals surface area contributed by atoms with E-state index in [4.69, 9.17) is 0 Å². The third-order valence-electron chi connectivity index (χ3n) is 2.12. The van der Waals surface area contributed by atoms with Crippen LogP contribution in [0.1, 0.15) is 26.5 Å². The van der Waals surface area contributed by atoms with Gasteiger partial charge in [-0.25, -0.2) is 4.79 Å². The maximum absolute atomic E-state index is 11.1. The van der Waals surface area contributed by atoms with Crippen LogP contribution in [0.4, 0.5) is 10.6 Å². The maximum Gasteiger partial charge on any atom is 0.320 e. The number of aryl methyl sites for hydroxylation is 1. The van der Waals surface area contributed by atoms with Crippen LogP contribution in [0.2, 0.25) is 0 Å². The first-order valence-corrected chi connectivity index (χ1v) is 4.88. The van der Waals surface area contributed by atoms with E-state index in [-0.39, 0.29) is 11.4 Å². The van der Waals surface area contributed by atoms with Crippen molar-refractivity contribution in [1.82, 2.24) is 15.1 Å². The zero-order valence-electron chi connectivity index (χ0n) is 9.88. The number of carbonyl (C=O) groups excluding carboxylic acids is 1. The molecule has 15 heavy (non-hydrogen) atoms. The number of aromatic nitrogens is 2. The summed E-state index contributed by atoms with van der Waals surface area (Å²) in [5, 5.41) is 9.54. The summed E-state index contributed by atoms with van der Waals surface area (Å²) in [4.78, 5) is 11.1. The van der Waals surface area contributed by atoms with Crippen LogP contribution >= 0.6 is 0 Å². The van der Waals surface area contributed by atoms with Gasteiger partial charge in [0, 0.05) is 25.6 Å². The molecule has 1 aromatic rings. The predicted molar refractivity (Wildman–Crippen MR) is 60.0 cm³/mol. The molecule has 0 aliphatic rings. The predicted octanol–water partition coefficient (Wildman–Crippen LogP) is 1.47. The Labute approximate surface area is 89.9 Å². The minimum Gasteiger partial charge on any atom is -0.341 e. The fraction of sp³-hybridized carbons (Fsp3) is 0.600. The monoisotopic (exact) mass is 210 g/mol. The van der Waals surface area contributed by atoms with E-state index in [1.165, 1.54) is 0 Å². The van der Waals surface area contributed by atoms with Crippen LogP contribution in [-0.4, -0.2) is 22.9 Å². The highest BCUT2D eigenvalue weighted by molar-refractivity contribution is 5.88. The molecule has 0 aliphatic heterocycles. The van der Waals surface area contributed by atoms with Crippen molar-refractivity contribution in [3.63, 3.8) is 0 Å². The first kappa shape index (κ1) is 11.6. The van der Waals surface area contributed by atoms with Gasteiger partial charge in [-0.1, -0.05) is 20.8 Å². The Morgan fingerprint density at radius 1 is 1.47 bits per heavy atom. The second kappa shape index (κ2) is 3.92. The highest BCUT2D eigenvalue weighted by Crippen LogP contribution is 2.23. The van der Waals surface area contributed by atoms with Crippen LogP contribution < -0.4 is 10.6 Å². The van der Waals surface area contributed by atoms with Crippen LogP contribution in [0.25, 0.3) is 0 Å². The lowest BCUT2D eigenvalue weighted by atomic mass is 9.92. The zero-order chi connectivity index (χ0) is 11.6. The van der Waals surface area contributed by atoms with E-state index in [1.807, 2.05) is 6.07 Å². The summed E-state index contributed by atoms with van der Waals surface area (Å²) in [6, 6.07) is 1.65. The van der Waals surface area contributed by atoms with Crippen molar-refractivity contribution >= 4 is 11.8 Å². The second-order valence-electron chi connectivity index (χ2n) is 4.49. The molecule has 2 amide bonds. The highest BCUT2D eigenvalue weighted by atomic mass is 16.2. The first-order valence-electron chi connectivity index (χ1n) is 4.88. The topological polar surface area (TPSA) is 59.0 Å². The van der Waals surface area contributed by atoms with Gasteiger partial charge in [0.25, 0.3) is 0 Å². The number of hydrogen-bond acceptors (Lipinski definition) is 2. The van der Waals surface area contributed by atoms with Crippen molar-refractivity contribution in [3.8, 4) is 0 Å². The van der Waals surface area contributed by atoms with Crippen molar-refractivity contribution in [2.45, 2.75) is 26.2 Å². The summed E-state index contributed by atoms with van der Waals surface area (Å²) < 4.78 is 1.66. The maximum atomic E-state index is 11.1. The third kappa shape index (κ3) is 2.71. The second-order valence-corrected chi connectivity index (χ2v) is 4.49. The smallest absolute Gasteiger partial charge is 0.320 e. The van der Waals surface area contributed by atoms with E-state index >= 15 is 0 Å². The summed E-state index contributed by atoms with van der Waals surface area (Å²) in [6.07, 6.45) is 0. The number of amides is 2. The molecule has 1 heterocycles. The average Bonchev–Trinajstić information content (AvgIpc) is 2.47. The van der Waals surface area contributed by atoms with Crippen LogP contribution in [0.5, 0.6) is 0 Å². The minimum atomic E-state index is -0.238. The molecule has 0 radical (unpaired) electrons. The Hall–Kier alpha value is -1.52. The molecule has 0 saturated heterocycles. The Kier molecular flexibility index (Phi) is 3.02. The van der Waals surface area contributed by atoms with Crippen molar-refractivity contribution in [3.05, 3.63) is 11.8 Å². The summed E-state index contributed by atoms with van der Waals surface area (Å²) in [5.74, 6) is 0.694. The lowest BCUT2D eigenvalue weighted by Gasteiger charge is -2.13. The van der Waals surface area contributed by atoms with Gasteiger partial charge in [0.15, 0.2) is 0 Å². The standard InChI is InChI=1S/C10H18N4O/c1-10(2,3)7-6-8(14(5)13-7)12-9(15)11-4/h6H,1-5H3,(H2,11,12,15). The number of hydrogen-bond donors (Lipinski definition) is 2. The molecule has 0 fully saturated rings. The van der Waals surface area contributed by atoms with Crippen molar-refractivity contribution in [2.24, 2.45) is 7.05 Å². The lowest BCUT2D eigenvalue weighted by molar-refractivity contribution is 0.253. The summed E-state index contributed by atoms with van der Waals surface area (Å²) in [6.45, 7) is 6.25. The van der Waals surface area contributed by atoms with E-state index in [1.54, 1.807) is 18.8 Å². The SMILES string of the molecule is CNC(=O)Nc1cc(C(C)(C)C)nn1C. The molecule has 0 atom stereocenters. The van der Waals surface area contributed by atoms with Gasteiger partial charge in [-0.05, 0) is 0 Å². The highest BCUT2D eigenvalue weighted by Gasteiger charge is 2.19. The molecule has 5 heteroatoms. The van der Waals surface area contributed by atoms with E-state index in [2.05, 4.69) is 36.5 Å². The number of urea groups is 1. The number of carbonyl (C=O) groups is 1. The van der Waals surface area contributed by atoms with Crippen LogP contribution in [-0.2, 0) is 12.5 Å². The third-order valence-corrected chi connectivity index (χ3v) is 2.12. The molecule has 0 spiro atoms. The molecule has 0 bridgehead atoms. The zero-order valence-corrected chi connectivity index (χ0v) is 9.88. The van der Waals surface area contributed by atoms with Gasteiger partial charge in [0.2, 0.25) is 0 Å². The van der Waals surface area contributed by atoms with Gasteiger partial charge in [-0.2, -0.15) is 5.10 Å². The Morgan fingerprint density at radius 3 is 2.47 bits per heavy atom. The summed E-state index contributed by atoms with van der Waals surface area (Å²) >= 11 is 0. The average molecular weight is 210 g/mol. The Balaban J connectivity index is 2.92. The van der Waals surface area contributed by atoms with Crippen LogP contribution in [0.3, 0.4) is 0 Å². The Bertz CT molecular complexity index is 362. The molecular formula is C10H18N4O. The van der Waals surface area contributed by atoms with Gasteiger partial charge in [0.1, 0.15) is 5.82 Å². The van der Waals surface area contributed by atoms with E-state index in [0.29, 0.717) is 5.82 Å². The van der Waals surface area contributed by atoms with Crippen molar-refractivity contribution < 1.29 is 4.79 Å². The summed E-state index contributed by atoms with van der Waals surface area (Å²) in [7, 11) is 3.39. The van der Waals surface area contributed by atoms with E-state index < -0.39 is 0 Å². The molecular weight excluding hydrogens is 192 g/mol. The fourth-order valence-corrected chi connectivity index (χ4v) is 1.13. The first-order chi connectivity index (χ1) is 6.84. The molecule has 0 aliphatic carbocycles. The molecule has 1 rings (SSSR count). The lowest BCUT2D eigenvalue weighted by Crippen LogP contribution is -2.25. The molecule has 0 aromatic carbocycles.